The van der Waals surface area contributed by atoms with E-state index in [1.165, 1.54) is 27.0 Å². The third-order valence-electron chi connectivity index (χ3n) is 4.84. The Kier molecular flexibility index (Phi) is 4.82. The molecule has 9 heteroatoms. The number of hydrogen-bond donors (Lipinski definition) is 0. The summed E-state index contributed by atoms with van der Waals surface area (Å²) in [6, 6.07) is 16.9. The Balaban J connectivity index is 1.60. The zero-order valence-electron chi connectivity index (χ0n) is 15.8. The standard InChI is InChI=1S/C21H15N3O2S4/c1-13-23-17-5-4-16(11-21(17)28-13)30(25,26)24-8-9-27-20-6-2-14(10-18(20)24)19-7-3-15(12-22)29-19/h2-7,10-11H,8-9H2,1H3. The first-order valence-corrected chi connectivity index (χ1v) is 13.2. The SMILES string of the molecule is Cc1nc2ccc(S(=O)(=O)N3CCSc4ccc(-c5ccc(C#N)s5)cc43)cc2s1. The second-order valence-electron chi connectivity index (χ2n) is 6.75. The van der Waals surface area contributed by atoms with Gasteiger partial charge in [-0.15, -0.1) is 34.4 Å². The van der Waals surface area contributed by atoms with Crippen LogP contribution in [0.25, 0.3) is 20.7 Å². The molecule has 0 radical (unpaired) electrons. The van der Waals surface area contributed by atoms with Crippen LogP contribution in [0.5, 0.6) is 0 Å². The number of thiazole rings is 1. The molecule has 2 aromatic heterocycles. The second-order valence-corrected chi connectivity index (χ2v) is 12.1. The quantitative estimate of drug-likeness (QED) is 0.396. The summed E-state index contributed by atoms with van der Waals surface area (Å²) in [5, 5.41) is 10.0. The van der Waals surface area contributed by atoms with Crippen molar-refractivity contribution in [2.24, 2.45) is 0 Å². The number of fused-ring (bicyclic) bond motifs is 2. The normalized spacial score (nSPS) is 13.9. The van der Waals surface area contributed by atoms with Crippen molar-refractivity contribution < 1.29 is 8.42 Å². The third-order valence-corrected chi connectivity index (χ3v) is 9.66. The maximum Gasteiger partial charge on any atom is 0.264 e. The molecule has 0 atom stereocenters. The van der Waals surface area contributed by atoms with Gasteiger partial charge in [-0.05, 0) is 55.0 Å². The number of nitriles is 1. The molecule has 0 N–H and O–H groups in total. The van der Waals surface area contributed by atoms with Crippen LogP contribution in [0.15, 0.2) is 58.3 Å². The number of rotatable bonds is 3. The Morgan fingerprint density at radius 1 is 1.10 bits per heavy atom. The molecule has 0 spiro atoms. The predicted molar refractivity (Wildman–Crippen MR) is 124 cm³/mol. The number of aryl methyl sites for hydroxylation is 1. The Hall–Kier alpha value is -2.38. The fourth-order valence-electron chi connectivity index (χ4n) is 3.46. The van der Waals surface area contributed by atoms with Gasteiger partial charge in [-0.2, -0.15) is 5.26 Å². The highest BCUT2D eigenvalue weighted by atomic mass is 32.2. The smallest absolute Gasteiger partial charge is 0.264 e. The Bertz CT molecular complexity index is 1430. The lowest BCUT2D eigenvalue weighted by Gasteiger charge is -2.30. The van der Waals surface area contributed by atoms with Crippen LogP contribution in [-0.2, 0) is 10.0 Å². The number of benzene rings is 2. The predicted octanol–water partition coefficient (Wildman–Crippen LogP) is 5.51. The fraction of sp³-hybridized carbons (Fsp3) is 0.143. The molecule has 2 aromatic carbocycles. The Morgan fingerprint density at radius 2 is 1.97 bits per heavy atom. The monoisotopic (exact) mass is 469 g/mol. The van der Waals surface area contributed by atoms with Gasteiger partial charge in [0.15, 0.2) is 0 Å². The molecular formula is C21H15N3O2S4. The van der Waals surface area contributed by atoms with E-state index in [0.717, 1.165) is 30.6 Å². The lowest BCUT2D eigenvalue weighted by Crippen LogP contribution is -2.35. The average Bonchev–Trinajstić information content (AvgIpc) is 3.37. The number of nitrogens with zero attached hydrogens (tertiary/aromatic N) is 3. The molecule has 3 heterocycles. The minimum absolute atomic E-state index is 0.282. The molecule has 0 fully saturated rings. The minimum atomic E-state index is -3.71. The van der Waals surface area contributed by atoms with E-state index >= 15 is 0 Å². The molecule has 1 aliphatic rings. The lowest BCUT2D eigenvalue weighted by atomic mass is 10.1. The van der Waals surface area contributed by atoms with Crippen molar-refractivity contribution in [2.75, 3.05) is 16.6 Å². The van der Waals surface area contributed by atoms with Crippen molar-refractivity contribution in [3.63, 3.8) is 0 Å². The Morgan fingerprint density at radius 3 is 2.77 bits per heavy atom. The van der Waals surface area contributed by atoms with Crippen molar-refractivity contribution in [1.82, 2.24) is 4.98 Å². The number of aromatic nitrogens is 1. The van der Waals surface area contributed by atoms with Gasteiger partial charge in [0, 0.05) is 22.1 Å². The highest BCUT2D eigenvalue weighted by Gasteiger charge is 2.30. The summed E-state index contributed by atoms with van der Waals surface area (Å²) in [5.41, 5.74) is 2.42. The molecule has 30 heavy (non-hydrogen) atoms. The number of hydrogen-bond acceptors (Lipinski definition) is 7. The van der Waals surface area contributed by atoms with E-state index in [1.54, 1.807) is 36.0 Å². The summed E-state index contributed by atoms with van der Waals surface area (Å²) in [6.45, 7) is 2.33. The molecule has 150 valence electrons. The highest BCUT2D eigenvalue weighted by molar-refractivity contribution is 8.00. The molecule has 0 saturated carbocycles. The van der Waals surface area contributed by atoms with Crippen LogP contribution in [0.2, 0.25) is 0 Å². The zero-order chi connectivity index (χ0) is 20.9. The maximum atomic E-state index is 13.6. The van der Waals surface area contributed by atoms with Crippen molar-refractivity contribution in [3.8, 4) is 16.5 Å². The first kappa shape index (κ1) is 19.6. The molecular weight excluding hydrogens is 455 g/mol. The fourth-order valence-corrected chi connectivity index (χ4v) is 7.85. The molecule has 0 aliphatic carbocycles. The summed E-state index contributed by atoms with van der Waals surface area (Å²) in [5.74, 6) is 0.699. The van der Waals surface area contributed by atoms with Crippen molar-refractivity contribution >= 4 is 60.4 Å². The molecule has 0 bridgehead atoms. The summed E-state index contributed by atoms with van der Waals surface area (Å²) in [6.07, 6.45) is 0. The van der Waals surface area contributed by atoms with Gasteiger partial charge in [-0.3, -0.25) is 4.31 Å². The second kappa shape index (κ2) is 7.39. The average molecular weight is 470 g/mol. The van der Waals surface area contributed by atoms with Crippen LogP contribution in [0.1, 0.15) is 9.88 Å². The third kappa shape index (κ3) is 3.30. The van der Waals surface area contributed by atoms with Gasteiger partial charge in [0.1, 0.15) is 10.9 Å². The molecule has 5 rings (SSSR count). The molecule has 4 aromatic rings. The van der Waals surface area contributed by atoms with E-state index in [2.05, 4.69) is 11.1 Å². The summed E-state index contributed by atoms with van der Waals surface area (Å²) >= 11 is 4.56. The highest BCUT2D eigenvalue weighted by Crippen LogP contribution is 2.41. The Labute approximate surface area is 186 Å². The van der Waals surface area contributed by atoms with Gasteiger partial charge in [0.05, 0.1) is 25.8 Å². The summed E-state index contributed by atoms with van der Waals surface area (Å²) in [7, 11) is -3.71. The van der Waals surface area contributed by atoms with E-state index in [4.69, 9.17) is 5.26 Å². The summed E-state index contributed by atoms with van der Waals surface area (Å²) < 4.78 is 29.5. The van der Waals surface area contributed by atoms with Crippen LogP contribution in [0.4, 0.5) is 5.69 Å². The van der Waals surface area contributed by atoms with Crippen molar-refractivity contribution in [3.05, 3.63) is 58.4 Å². The lowest BCUT2D eigenvalue weighted by molar-refractivity contribution is 0.591. The van der Waals surface area contributed by atoms with Gasteiger partial charge >= 0.3 is 0 Å². The number of sulfonamides is 1. The van der Waals surface area contributed by atoms with E-state index in [0.29, 0.717) is 22.9 Å². The van der Waals surface area contributed by atoms with E-state index < -0.39 is 10.0 Å². The number of thioether (sulfide) groups is 1. The van der Waals surface area contributed by atoms with Gasteiger partial charge in [-0.25, -0.2) is 13.4 Å². The first-order chi connectivity index (χ1) is 14.5. The van der Waals surface area contributed by atoms with Crippen LogP contribution >= 0.6 is 34.4 Å². The molecule has 0 unspecified atom stereocenters. The zero-order valence-corrected chi connectivity index (χ0v) is 19.1. The van der Waals surface area contributed by atoms with Gasteiger partial charge in [0.2, 0.25) is 0 Å². The van der Waals surface area contributed by atoms with Gasteiger partial charge in [-0.1, -0.05) is 6.07 Å². The first-order valence-electron chi connectivity index (χ1n) is 9.13. The van der Waals surface area contributed by atoms with E-state index in [-0.39, 0.29) is 4.90 Å². The van der Waals surface area contributed by atoms with Crippen LogP contribution in [0.3, 0.4) is 0 Å². The number of anilines is 1. The molecule has 5 nitrogen and oxygen atoms in total. The maximum absolute atomic E-state index is 13.6. The van der Waals surface area contributed by atoms with Gasteiger partial charge < -0.3 is 0 Å². The van der Waals surface area contributed by atoms with Crippen molar-refractivity contribution in [1.29, 1.82) is 5.26 Å². The van der Waals surface area contributed by atoms with Crippen molar-refractivity contribution in [2.45, 2.75) is 16.7 Å². The molecule has 0 saturated heterocycles. The van der Waals surface area contributed by atoms with E-state index in [1.807, 2.05) is 31.2 Å². The molecule has 0 amide bonds. The van der Waals surface area contributed by atoms with Crippen LogP contribution < -0.4 is 4.31 Å². The topological polar surface area (TPSA) is 74.1 Å². The largest absolute Gasteiger partial charge is 0.264 e. The molecule has 1 aliphatic heterocycles. The number of thiophene rings is 1. The minimum Gasteiger partial charge on any atom is -0.264 e. The van der Waals surface area contributed by atoms with Gasteiger partial charge in [0.25, 0.3) is 10.0 Å². The van der Waals surface area contributed by atoms with E-state index in [9.17, 15) is 8.42 Å². The van der Waals surface area contributed by atoms with Crippen LogP contribution in [-0.4, -0.2) is 25.7 Å². The summed E-state index contributed by atoms with van der Waals surface area (Å²) in [4.78, 5) is 7.23. The van der Waals surface area contributed by atoms with Crippen LogP contribution in [0, 0.1) is 18.3 Å².